The predicted octanol–water partition coefficient (Wildman–Crippen LogP) is 0.992. The van der Waals surface area contributed by atoms with E-state index in [1.807, 2.05) is 23.1 Å². The maximum Gasteiger partial charge on any atom is 0.251 e. The fourth-order valence-corrected chi connectivity index (χ4v) is 4.39. The van der Waals surface area contributed by atoms with Crippen LogP contribution in [0.2, 0.25) is 0 Å². The van der Waals surface area contributed by atoms with Gasteiger partial charge in [-0.25, -0.2) is 0 Å². The van der Waals surface area contributed by atoms with Crippen molar-refractivity contribution in [2.24, 2.45) is 0 Å². The number of hydrogen-bond donors (Lipinski definition) is 3. The van der Waals surface area contributed by atoms with Crippen molar-refractivity contribution in [2.75, 3.05) is 24.5 Å². The third-order valence-electron chi connectivity index (χ3n) is 5.73. The van der Waals surface area contributed by atoms with E-state index < -0.39 is 0 Å². The van der Waals surface area contributed by atoms with Gasteiger partial charge in [-0.05, 0) is 37.5 Å². The van der Waals surface area contributed by atoms with Gasteiger partial charge in [0.15, 0.2) is 5.88 Å². The van der Waals surface area contributed by atoms with Gasteiger partial charge in [0.05, 0.1) is 6.54 Å². The molecule has 0 saturated carbocycles. The summed E-state index contributed by atoms with van der Waals surface area (Å²) in [7, 11) is 0. The van der Waals surface area contributed by atoms with Gasteiger partial charge in [0.2, 0.25) is 5.91 Å². The third-order valence-corrected chi connectivity index (χ3v) is 5.73. The zero-order valence-corrected chi connectivity index (χ0v) is 14.5. The number of carbonyl (C=O) groups is 2. The third kappa shape index (κ3) is 2.72. The van der Waals surface area contributed by atoms with E-state index in [0.717, 1.165) is 30.4 Å². The average Bonchev–Trinajstić information content (AvgIpc) is 3.36. The summed E-state index contributed by atoms with van der Waals surface area (Å²) in [4.78, 5) is 26.1. The Bertz CT molecular complexity index is 877. The Morgan fingerprint density at radius 3 is 2.96 bits per heavy atom. The maximum atomic E-state index is 12.6. The van der Waals surface area contributed by atoms with E-state index in [0.29, 0.717) is 36.6 Å². The van der Waals surface area contributed by atoms with E-state index in [1.54, 1.807) is 6.07 Å². The van der Waals surface area contributed by atoms with Gasteiger partial charge in [-0.15, -0.1) is 0 Å². The first-order valence-electron chi connectivity index (χ1n) is 9.28. The molecular formula is C19H22N4O3. The summed E-state index contributed by atoms with van der Waals surface area (Å²) >= 11 is 0. The number of anilines is 1. The van der Waals surface area contributed by atoms with E-state index >= 15 is 0 Å². The second kappa shape index (κ2) is 6.02. The number of nitrogens with one attached hydrogen (secondary N) is 3. The van der Waals surface area contributed by atoms with Gasteiger partial charge in [-0.3, -0.25) is 9.59 Å². The zero-order chi connectivity index (χ0) is 17.7. The molecule has 3 saturated heterocycles. The molecule has 2 bridgehead atoms. The highest BCUT2D eigenvalue weighted by Gasteiger charge is 2.39. The molecule has 5 rings (SSSR count). The molecule has 0 spiro atoms. The minimum absolute atomic E-state index is 0.00348. The number of furan rings is 1. The molecule has 3 aliphatic rings. The van der Waals surface area contributed by atoms with Gasteiger partial charge in [0.1, 0.15) is 5.58 Å². The van der Waals surface area contributed by atoms with Crippen LogP contribution in [-0.4, -0.2) is 49.6 Å². The fourth-order valence-electron chi connectivity index (χ4n) is 4.39. The van der Waals surface area contributed by atoms with Crippen LogP contribution < -0.4 is 20.9 Å². The Morgan fingerprint density at radius 2 is 2.19 bits per heavy atom. The van der Waals surface area contributed by atoms with Crippen molar-refractivity contribution < 1.29 is 14.0 Å². The van der Waals surface area contributed by atoms with E-state index in [9.17, 15) is 9.59 Å². The van der Waals surface area contributed by atoms with Crippen molar-refractivity contribution in [3.8, 4) is 0 Å². The Morgan fingerprint density at radius 1 is 1.27 bits per heavy atom. The summed E-state index contributed by atoms with van der Waals surface area (Å²) in [6.45, 7) is 1.63. The molecule has 4 heterocycles. The largest absolute Gasteiger partial charge is 0.441 e. The van der Waals surface area contributed by atoms with Crippen molar-refractivity contribution in [3.05, 3.63) is 29.8 Å². The quantitative estimate of drug-likeness (QED) is 0.765. The molecule has 0 unspecified atom stereocenters. The highest BCUT2D eigenvalue weighted by molar-refractivity contribution is 5.98. The topological polar surface area (TPSA) is 86.6 Å². The first-order valence-corrected chi connectivity index (χ1v) is 9.28. The summed E-state index contributed by atoms with van der Waals surface area (Å²) in [5.74, 6) is 0.632. The van der Waals surface area contributed by atoms with E-state index in [2.05, 4.69) is 16.0 Å². The summed E-state index contributed by atoms with van der Waals surface area (Å²) in [5, 5.41) is 10.4. The number of piperazine rings is 1. The van der Waals surface area contributed by atoms with Gasteiger partial charge in [0, 0.05) is 48.2 Å². The van der Waals surface area contributed by atoms with Gasteiger partial charge < -0.3 is 25.3 Å². The summed E-state index contributed by atoms with van der Waals surface area (Å²) < 4.78 is 5.87. The number of fused-ring (bicyclic) bond motifs is 3. The molecule has 1 aromatic heterocycles. The maximum absolute atomic E-state index is 12.6. The standard InChI is InChI=1S/C19H22N4O3/c24-17-10-23(6-5-20-17)18-8-12-7-11(1-4-16(12)26-18)19(25)22-15-9-13-2-3-14(15)21-13/h1,4,7-8,13-15,21H,2-3,5-6,9-10H2,(H,20,24)(H,22,25)/t13-,14+,15-/m1/s1. The Labute approximate surface area is 151 Å². The average molecular weight is 354 g/mol. The molecule has 136 valence electrons. The number of amides is 2. The number of hydrogen-bond acceptors (Lipinski definition) is 5. The van der Waals surface area contributed by atoms with Crippen LogP contribution >= 0.6 is 0 Å². The molecule has 0 aliphatic carbocycles. The molecular weight excluding hydrogens is 332 g/mol. The van der Waals surface area contributed by atoms with Gasteiger partial charge in [-0.1, -0.05) is 0 Å². The lowest BCUT2D eigenvalue weighted by molar-refractivity contribution is -0.120. The van der Waals surface area contributed by atoms with E-state index in [-0.39, 0.29) is 17.9 Å². The minimum Gasteiger partial charge on any atom is -0.441 e. The Kier molecular flexibility index (Phi) is 3.63. The van der Waals surface area contributed by atoms with Crippen molar-refractivity contribution in [3.63, 3.8) is 0 Å². The van der Waals surface area contributed by atoms with Crippen molar-refractivity contribution in [1.82, 2.24) is 16.0 Å². The van der Waals surface area contributed by atoms with E-state index in [4.69, 9.17) is 4.42 Å². The molecule has 3 N–H and O–H groups in total. The van der Waals surface area contributed by atoms with Crippen LogP contribution in [0.5, 0.6) is 0 Å². The second-order valence-electron chi connectivity index (χ2n) is 7.47. The highest BCUT2D eigenvalue weighted by atomic mass is 16.4. The molecule has 2 aromatic rings. The molecule has 1 aromatic carbocycles. The van der Waals surface area contributed by atoms with Crippen LogP contribution in [0.1, 0.15) is 29.6 Å². The lowest BCUT2D eigenvalue weighted by Crippen LogP contribution is -2.47. The molecule has 2 amide bonds. The Balaban J connectivity index is 1.34. The van der Waals surface area contributed by atoms with Crippen molar-refractivity contribution in [1.29, 1.82) is 0 Å². The van der Waals surface area contributed by atoms with Crippen LogP contribution in [0, 0.1) is 0 Å². The van der Waals surface area contributed by atoms with Gasteiger partial charge in [-0.2, -0.15) is 0 Å². The molecule has 3 atom stereocenters. The monoisotopic (exact) mass is 354 g/mol. The lowest BCUT2D eigenvalue weighted by atomic mass is 9.95. The normalized spacial score (nSPS) is 27.8. The van der Waals surface area contributed by atoms with Crippen molar-refractivity contribution >= 4 is 28.7 Å². The first-order chi connectivity index (χ1) is 12.7. The molecule has 7 nitrogen and oxygen atoms in total. The molecule has 3 aliphatic heterocycles. The molecule has 26 heavy (non-hydrogen) atoms. The SMILES string of the molecule is O=C1CN(c2cc3cc(C(=O)N[C@@H]4C[C@H]5CC[C@@H]4N5)ccc3o2)CCN1. The summed E-state index contributed by atoms with van der Waals surface area (Å²) in [5.41, 5.74) is 1.37. The van der Waals surface area contributed by atoms with Crippen molar-refractivity contribution in [2.45, 2.75) is 37.4 Å². The number of nitrogens with zero attached hydrogens (tertiary/aromatic N) is 1. The fraction of sp³-hybridized carbons (Fsp3) is 0.474. The summed E-state index contributed by atoms with van der Waals surface area (Å²) in [6, 6.07) is 8.60. The van der Waals surface area contributed by atoms with Crippen LogP contribution in [0.15, 0.2) is 28.7 Å². The highest BCUT2D eigenvalue weighted by Crippen LogP contribution is 2.29. The number of benzene rings is 1. The number of rotatable bonds is 3. The molecule has 7 heteroatoms. The zero-order valence-electron chi connectivity index (χ0n) is 14.5. The smallest absolute Gasteiger partial charge is 0.251 e. The predicted molar refractivity (Wildman–Crippen MR) is 97.3 cm³/mol. The minimum atomic E-state index is -0.0358. The second-order valence-corrected chi connectivity index (χ2v) is 7.47. The summed E-state index contributed by atoms with van der Waals surface area (Å²) in [6.07, 6.45) is 3.38. The van der Waals surface area contributed by atoms with Crippen LogP contribution in [-0.2, 0) is 4.79 Å². The first kappa shape index (κ1) is 15.7. The van der Waals surface area contributed by atoms with Gasteiger partial charge in [0.25, 0.3) is 5.91 Å². The lowest BCUT2D eigenvalue weighted by Gasteiger charge is -2.25. The number of carbonyl (C=O) groups excluding carboxylic acids is 2. The Hall–Kier alpha value is -2.54. The molecule has 3 fully saturated rings. The van der Waals surface area contributed by atoms with Gasteiger partial charge >= 0.3 is 0 Å². The van der Waals surface area contributed by atoms with Crippen LogP contribution in [0.4, 0.5) is 5.88 Å². The molecule has 0 radical (unpaired) electrons. The van der Waals surface area contributed by atoms with Crippen LogP contribution in [0.3, 0.4) is 0 Å². The van der Waals surface area contributed by atoms with E-state index in [1.165, 1.54) is 6.42 Å². The van der Waals surface area contributed by atoms with Crippen LogP contribution in [0.25, 0.3) is 11.0 Å².